The maximum Gasteiger partial charge on any atom is 0.255 e. The number of benzene rings is 1. The summed E-state index contributed by atoms with van der Waals surface area (Å²) >= 11 is 0. The number of amides is 1. The lowest BCUT2D eigenvalue weighted by molar-refractivity contribution is -0.145. The zero-order valence-electron chi connectivity index (χ0n) is 15.5. The molecule has 12 N–H and O–H groups in total. The summed E-state index contributed by atoms with van der Waals surface area (Å²) in [5, 5.41) is 42.6. The monoisotopic (exact) mass is 416 g/mol. The van der Waals surface area contributed by atoms with Crippen LogP contribution in [-0.4, -0.2) is 49.5 Å². The predicted octanol–water partition coefficient (Wildman–Crippen LogP) is -1.32. The first-order valence-electron chi connectivity index (χ1n) is 9.06. The van der Waals surface area contributed by atoms with E-state index in [4.69, 9.17) is 22.9 Å². The molecule has 30 heavy (non-hydrogen) atoms. The van der Waals surface area contributed by atoms with Crippen molar-refractivity contribution in [2.75, 3.05) is 11.5 Å². The number of phenolic OH excluding ortho intramolecular Hbond substituents is 1. The molecule has 3 aliphatic carbocycles. The van der Waals surface area contributed by atoms with Crippen LogP contribution in [0.4, 0.5) is 11.4 Å². The first-order chi connectivity index (χ1) is 13.9. The number of phenols is 1. The van der Waals surface area contributed by atoms with Crippen LogP contribution in [0.2, 0.25) is 0 Å². The average Bonchev–Trinajstić information content (AvgIpc) is 2.66. The number of carbonyl (C=O) groups excluding carboxylic acids is 3. The van der Waals surface area contributed by atoms with E-state index in [0.717, 1.165) is 0 Å². The van der Waals surface area contributed by atoms with Crippen LogP contribution in [0, 0.1) is 11.8 Å². The summed E-state index contributed by atoms with van der Waals surface area (Å²) < 4.78 is 0. The van der Waals surface area contributed by atoms with Crippen LogP contribution in [0.3, 0.4) is 0 Å². The number of hydrogen-bond acceptors (Lipinski definition) is 10. The molecule has 1 aromatic carbocycles. The number of hydrogen-bond donors (Lipinski definition) is 8. The fourth-order valence-electron chi connectivity index (χ4n) is 4.83. The van der Waals surface area contributed by atoms with Crippen LogP contribution in [0.5, 0.6) is 5.75 Å². The van der Waals surface area contributed by atoms with Gasteiger partial charge in [0.05, 0.1) is 17.3 Å². The summed E-state index contributed by atoms with van der Waals surface area (Å²) in [5.74, 6) is -7.81. The Hall–Kier alpha value is -3.57. The normalized spacial score (nSPS) is 30.7. The Morgan fingerprint density at radius 3 is 2.37 bits per heavy atom. The maximum absolute atomic E-state index is 13.2. The molecule has 0 spiro atoms. The minimum atomic E-state index is -2.74. The number of fused-ring (bicyclic) bond motifs is 3. The molecule has 0 aliphatic heterocycles. The van der Waals surface area contributed by atoms with Crippen LogP contribution < -0.4 is 22.9 Å². The third-order valence-electron chi connectivity index (χ3n) is 6.32. The van der Waals surface area contributed by atoms with Gasteiger partial charge in [0.15, 0.2) is 11.4 Å². The largest absolute Gasteiger partial charge is 0.510 e. The molecule has 158 valence electrons. The van der Waals surface area contributed by atoms with Gasteiger partial charge in [-0.15, -0.1) is 0 Å². The standard InChI is InChI=1S/C19H20N4O7/c20-7-3-8(21)13(24)10-5(7)1-4-2-6-12(22)15(26)11(18(23)29)17(28)19(6,30)16(27)9(4)14(10)25/h3-4,6,12,24,26-27,30H,1-2,20-22H2,(H2,23,29)/t4-,6-,12?,19-/m0/s1. The van der Waals surface area contributed by atoms with Crippen molar-refractivity contribution in [3.05, 3.63) is 39.9 Å². The Balaban J connectivity index is 1.97. The van der Waals surface area contributed by atoms with E-state index in [0.29, 0.717) is 5.56 Å². The molecule has 1 aromatic rings. The molecular formula is C19H20N4O7. The van der Waals surface area contributed by atoms with E-state index in [1.54, 1.807) is 0 Å². The molecule has 11 nitrogen and oxygen atoms in total. The highest BCUT2D eigenvalue weighted by molar-refractivity contribution is 6.25. The second kappa shape index (κ2) is 5.97. The number of allylic oxidation sites excluding steroid dienone is 1. The van der Waals surface area contributed by atoms with E-state index in [2.05, 4.69) is 0 Å². The smallest absolute Gasteiger partial charge is 0.255 e. The van der Waals surface area contributed by atoms with Gasteiger partial charge in [0.2, 0.25) is 5.78 Å². The highest BCUT2D eigenvalue weighted by Gasteiger charge is 2.62. The lowest BCUT2D eigenvalue weighted by Crippen LogP contribution is -2.63. The quantitative estimate of drug-likeness (QED) is 0.116. The minimum absolute atomic E-state index is 0.0841. The van der Waals surface area contributed by atoms with Crippen molar-refractivity contribution in [3.63, 3.8) is 0 Å². The maximum atomic E-state index is 13.2. The molecule has 1 amide bonds. The second-order valence-electron chi connectivity index (χ2n) is 7.84. The van der Waals surface area contributed by atoms with Gasteiger partial charge in [-0.2, -0.15) is 0 Å². The molecule has 0 heterocycles. The SMILES string of the molecule is NC(=O)C1=C(O)C(N)[C@@H]2C[C@@H]3Cc4c(N)cc(N)c(O)c4C(=O)C3=C(O)[C@]2(O)C1=O. The molecule has 3 aliphatic rings. The van der Waals surface area contributed by atoms with Crippen molar-refractivity contribution in [2.24, 2.45) is 23.3 Å². The van der Waals surface area contributed by atoms with E-state index in [-0.39, 0.29) is 35.4 Å². The summed E-state index contributed by atoms with van der Waals surface area (Å²) in [7, 11) is 0. The van der Waals surface area contributed by atoms with E-state index < -0.39 is 63.8 Å². The zero-order valence-corrected chi connectivity index (χ0v) is 15.5. The summed E-state index contributed by atoms with van der Waals surface area (Å²) in [4.78, 5) is 37.7. The first-order valence-corrected chi connectivity index (χ1v) is 9.06. The molecule has 1 unspecified atom stereocenters. The van der Waals surface area contributed by atoms with Gasteiger partial charge in [0.1, 0.15) is 22.8 Å². The van der Waals surface area contributed by atoms with Crippen molar-refractivity contribution in [1.82, 2.24) is 0 Å². The molecule has 0 saturated heterocycles. The van der Waals surface area contributed by atoms with Crippen LogP contribution in [-0.2, 0) is 16.0 Å². The zero-order chi connectivity index (χ0) is 22.3. The fourth-order valence-corrected chi connectivity index (χ4v) is 4.83. The van der Waals surface area contributed by atoms with Crippen LogP contribution in [0.1, 0.15) is 22.3 Å². The van der Waals surface area contributed by atoms with Crippen LogP contribution in [0.15, 0.2) is 28.7 Å². The number of nitrogens with two attached hydrogens (primary N) is 4. The van der Waals surface area contributed by atoms with E-state index in [1.807, 2.05) is 0 Å². The van der Waals surface area contributed by atoms with Gasteiger partial charge >= 0.3 is 0 Å². The fraction of sp³-hybridized carbons (Fsp3) is 0.316. The van der Waals surface area contributed by atoms with E-state index in [1.165, 1.54) is 6.07 Å². The summed E-state index contributed by atoms with van der Waals surface area (Å²) in [6, 6.07) is -0.0915. The summed E-state index contributed by atoms with van der Waals surface area (Å²) in [6.07, 6.45) is -0.00452. The van der Waals surface area contributed by atoms with Crippen molar-refractivity contribution in [2.45, 2.75) is 24.5 Å². The summed E-state index contributed by atoms with van der Waals surface area (Å²) in [6.45, 7) is 0. The average molecular weight is 416 g/mol. The highest BCUT2D eigenvalue weighted by Crippen LogP contribution is 2.52. The van der Waals surface area contributed by atoms with Crippen molar-refractivity contribution in [3.8, 4) is 5.75 Å². The molecule has 4 rings (SSSR count). The van der Waals surface area contributed by atoms with Crippen LogP contribution >= 0.6 is 0 Å². The van der Waals surface area contributed by atoms with Gasteiger partial charge in [-0.3, -0.25) is 14.4 Å². The predicted molar refractivity (Wildman–Crippen MR) is 103 cm³/mol. The lowest BCUT2D eigenvalue weighted by atomic mass is 9.59. The van der Waals surface area contributed by atoms with Crippen molar-refractivity contribution < 1.29 is 34.8 Å². The van der Waals surface area contributed by atoms with E-state index in [9.17, 15) is 34.8 Å². The third kappa shape index (κ3) is 2.18. The Bertz CT molecular complexity index is 1120. The molecule has 0 fully saturated rings. The number of aliphatic hydroxyl groups excluding tert-OH is 2. The van der Waals surface area contributed by atoms with Crippen molar-refractivity contribution >= 4 is 28.8 Å². The highest BCUT2D eigenvalue weighted by atomic mass is 16.3. The Morgan fingerprint density at radius 2 is 1.77 bits per heavy atom. The lowest BCUT2D eigenvalue weighted by Gasteiger charge is -2.47. The molecule has 4 atom stereocenters. The number of ketones is 2. The molecule has 11 heteroatoms. The molecule has 0 radical (unpaired) electrons. The number of rotatable bonds is 1. The first kappa shape index (κ1) is 19.7. The van der Waals surface area contributed by atoms with Crippen molar-refractivity contribution in [1.29, 1.82) is 0 Å². The molecule has 0 saturated carbocycles. The molecule has 0 aromatic heterocycles. The molecular weight excluding hydrogens is 396 g/mol. The summed E-state index contributed by atoms with van der Waals surface area (Å²) in [5.41, 5.74) is 18.9. The molecule has 0 bridgehead atoms. The minimum Gasteiger partial charge on any atom is -0.510 e. The van der Waals surface area contributed by atoms with Gasteiger partial charge in [-0.1, -0.05) is 0 Å². The number of primary amides is 1. The number of aliphatic hydroxyl groups is 3. The van der Waals surface area contributed by atoms with Gasteiger partial charge in [0, 0.05) is 17.2 Å². The number of carbonyl (C=O) groups is 3. The Labute approximate surface area is 169 Å². The van der Waals surface area contributed by atoms with Gasteiger partial charge in [-0.05, 0) is 30.4 Å². The second-order valence-corrected chi connectivity index (χ2v) is 7.84. The number of anilines is 2. The van der Waals surface area contributed by atoms with Crippen LogP contribution in [0.25, 0.3) is 0 Å². The number of nitrogen functional groups attached to an aromatic ring is 2. The topological polar surface area (TPSA) is 236 Å². The Morgan fingerprint density at radius 1 is 1.13 bits per heavy atom. The number of aromatic hydroxyl groups is 1. The van der Waals surface area contributed by atoms with Gasteiger partial charge < -0.3 is 43.4 Å². The van der Waals surface area contributed by atoms with Gasteiger partial charge in [-0.25, -0.2) is 0 Å². The van der Waals surface area contributed by atoms with E-state index >= 15 is 0 Å². The number of Topliss-reactive ketones (excluding diaryl/α,β-unsaturated/α-hetero) is 2. The Kier molecular flexibility index (Phi) is 3.93. The third-order valence-corrected chi connectivity index (χ3v) is 6.32. The van der Waals surface area contributed by atoms with Gasteiger partial charge in [0.25, 0.3) is 5.91 Å².